The summed E-state index contributed by atoms with van der Waals surface area (Å²) in [6.07, 6.45) is 0. The minimum absolute atomic E-state index is 0. The van der Waals surface area contributed by atoms with E-state index in [9.17, 15) is 9.18 Å². The zero-order valence-electron chi connectivity index (χ0n) is 15.7. The summed E-state index contributed by atoms with van der Waals surface area (Å²) in [5.74, 6) is 0.185. The van der Waals surface area contributed by atoms with Crippen LogP contribution in [0.5, 0.6) is 5.75 Å². The lowest BCUT2D eigenvalue weighted by Gasteiger charge is -2.22. The molecule has 0 aliphatic rings. The number of ether oxygens (including phenoxy) is 2. The van der Waals surface area contributed by atoms with Crippen LogP contribution in [0.3, 0.4) is 0 Å². The molecule has 148 valence electrons. The van der Waals surface area contributed by atoms with Gasteiger partial charge in [0.05, 0.1) is 13.7 Å². The van der Waals surface area contributed by atoms with Crippen LogP contribution in [0.4, 0.5) is 4.39 Å². The maximum absolute atomic E-state index is 13.8. The van der Waals surface area contributed by atoms with Crippen LogP contribution in [0.25, 0.3) is 0 Å². The fourth-order valence-corrected chi connectivity index (χ4v) is 2.12. The molecule has 1 aromatic carbocycles. The van der Waals surface area contributed by atoms with Gasteiger partial charge in [-0.2, -0.15) is 0 Å². The van der Waals surface area contributed by atoms with E-state index in [4.69, 9.17) is 9.47 Å². The minimum Gasteiger partial charge on any atom is -0.494 e. The Labute approximate surface area is 171 Å². The lowest BCUT2D eigenvalue weighted by atomic mass is 10.2. The number of carbonyl (C=O) groups excluding carboxylic acids is 1. The molecule has 0 unspecified atom stereocenters. The van der Waals surface area contributed by atoms with Crippen LogP contribution >= 0.6 is 24.0 Å². The molecule has 9 heteroatoms. The van der Waals surface area contributed by atoms with E-state index in [1.807, 2.05) is 18.9 Å². The van der Waals surface area contributed by atoms with E-state index in [-0.39, 0.29) is 42.2 Å². The van der Waals surface area contributed by atoms with Crippen LogP contribution in [0, 0.1) is 5.82 Å². The molecule has 0 aliphatic carbocycles. The van der Waals surface area contributed by atoms with E-state index in [0.29, 0.717) is 32.2 Å². The third kappa shape index (κ3) is 8.65. The third-order valence-electron chi connectivity index (χ3n) is 3.33. The molecule has 0 aliphatic heterocycles. The number of benzene rings is 1. The molecule has 0 aromatic heterocycles. The number of guanidine groups is 1. The highest BCUT2D eigenvalue weighted by molar-refractivity contribution is 14.0. The average molecular weight is 482 g/mol. The van der Waals surface area contributed by atoms with Crippen molar-refractivity contribution in [3.8, 4) is 5.75 Å². The maximum atomic E-state index is 13.8. The van der Waals surface area contributed by atoms with Gasteiger partial charge in [-0.05, 0) is 24.6 Å². The molecular weight excluding hydrogens is 454 g/mol. The van der Waals surface area contributed by atoms with Crippen LogP contribution in [-0.4, -0.2) is 64.3 Å². The normalized spacial score (nSPS) is 10.7. The summed E-state index contributed by atoms with van der Waals surface area (Å²) in [5, 5.41) is 5.82. The molecule has 0 saturated heterocycles. The van der Waals surface area contributed by atoms with E-state index >= 15 is 0 Å². The van der Waals surface area contributed by atoms with Crippen molar-refractivity contribution >= 4 is 35.8 Å². The van der Waals surface area contributed by atoms with Crippen LogP contribution in [-0.2, 0) is 16.1 Å². The average Bonchev–Trinajstić information content (AvgIpc) is 2.59. The van der Waals surface area contributed by atoms with Gasteiger partial charge in [0.2, 0.25) is 5.91 Å². The van der Waals surface area contributed by atoms with Crippen LogP contribution < -0.4 is 15.4 Å². The zero-order valence-corrected chi connectivity index (χ0v) is 18.0. The molecule has 0 spiro atoms. The van der Waals surface area contributed by atoms with E-state index in [1.54, 1.807) is 19.2 Å². The van der Waals surface area contributed by atoms with E-state index in [1.165, 1.54) is 13.2 Å². The smallest absolute Gasteiger partial charge is 0.241 e. The summed E-state index contributed by atoms with van der Waals surface area (Å²) in [6, 6.07) is 4.81. The maximum Gasteiger partial charge on any atom is 0.241 e. The number of rotatable bonds is 9. The number of nitrogens with one attached hydrogen (secondary N) is 2. The molecule has 0 radical (unpaired) electrons. The SMILES string of the molecule is CCNC(=NCC(=O)NCCOC)N(C)Cc1ccc(OC)c(F)c1.I. The number of halogens is 2. The molecule has 1 rings (SSSR count). The van der Waals surface area contributed by atoms with Gasteiger partial charge >= 0.3 is 0 Å². The number of hydrogen-bond donors (Lipinski definition) is 2. The molecule has 0 saturated carbocycles. The Morgan fingerprint density at radius 3 is 2.62 bits per heavy atom. The molecule has 1 aromatic rings. The Balaban J connectivity index is 0.00000625. The second-order valence-corrected chi connectivity index (χ2v) is 5.34. The van der Waals surface area contributed by atoms with Crippen molar-refractivity contribution < 1.29 is 18.7 Å². The minimum atomic E-state index is -0.409. The van der Waals surface area contributed by atoms with Gasteiger partial charge in [-0.25, -0.2) is 9.38 Å². The first-order chi connectivity index (χ1) is 12.0. The van der Waals surface area contributed by atoms with Crippen LogP contribution in [0.15, 0.2) is 23.2 Å². The van der Waals surface area contributed by atoms with Crippen molar-refractivity contribution in [2.24, 2.45) is 4.99 Å². The first-order valence-electron chi connectivity index (χ1n) is 8.09. The molecule has 1 amide bonds. The third-order valence-corrected chi connectivity index (χ3v) is 3.33. The Kier molecular flexibility index (Phi) is 12.7. The Morgan fingerprint density at radius 1 is 1.31 bits per heavy atom. The second-order valence-electron chi connectivity index (χ2n) is 5.34. The number of carbonyl (C=O) groups is 1. The van der Waals surface area contributed by atoms with Crippen molar-refractivity contribution in [3.63, 3.8) is 0 Å². The lowest BCUT2D eigenvalue weighted by molar-refractivity contribution is -0.119. The van der Waals surface area contributed by atoms with Crippen molar-refractivity contribution in [2.75, 3.05) is 47.5 Å². The molecule has 2 N–H and O–H groups in total. The number of methoxy groups -OCH3 is 2. The van der Waals surface area contributed by atoms with Gasteiger partial charge in [-0.1, -0.05) is 6.07 Å². The van der Waals surface area contributed by atoms with Gasteiger partial charge in [0.25, 0.3) is 0 Å². The van der Waals surface area contributed by atoms with Gasteiger partial charge in [0, 0.05) is 33.8 Å². The summed E-state index contributed by atoms with van der Waals surface area (Å²) < 4.78 is 23.6. The number of nitrogens with zero attached hydrogens (tertiary/aromatic N) is 2. The molecule has 0 atom stereocenters. The largest absolute Gasteiger partial charge is 0.494 e. The molecular formula is C17H28FIN4O3. The predicted octanol–water partition coefficient (Wildman–Crippen LogP) is 1.61. The van der Waals surface area contributed by atoms with Gasteiger partial charge < -0.3 is 25.0 Å². The van der Waals surface area contributed by atoms with Crippen LogP contribution in [0.1, 0.15) is 12.5 Å². The van der Waals surface area contributed by atoms with Crippen molar-refractivity contribution in [2.45, 2.75) is 13.5 Å². The highest BCUT2D eigenvalue weighted by Gasteiger charge is 2.10. The Hall–Kier alpha value is -1.62. The lowest BCUT2D eigenvalue weighted by Crippen LogP contribution is -2.39. The zero-order chi connectivity index (χ0) is 18.7. The van der Waals surface area contributed by atoms with Crippen LogP contribution in [0.2, 0.25) is 0 Å². The van der Waals surface area contributed by atoms with Crippen molar-refractivity contribution in [3.05, 3.63) is 29.6 Å². The molecule has 7 nitrogen and oxygen atoms in total. The number of aliphatic imine (C=N–C) groups is 1. The summed E-state index contributed by atoms with van der Waals surface area (Å²) in [4.78, 5) is 17.9. The Morgan fingerprint density at radius 2 is 2.04 bits per heavy atom. The topological polar surface area (TPSA) is 75.2 Å². The summed E-state index contributed by atoms with van der Waals surface area (Å²) in [6.45, 7) is 3.95. The quantitative estimate of drug-likeness (QED) is 0.242. The highest BCUT2D eigenvalue weighted by Crippen LogP contribution is 2.18. The summed E-state index contributed by atoms with van der Waals surface area (Å²) in [7, 11) is 4.83. The van der Waals surface area contributed by atoms with Crippen molar-refractivity contribution in [1.82, 2.24) is 15.5 Å². The van der Waals surface area contributed by atoms with Gasteiger partial charge in [-0.3, -0.25) is 4.79 Å². The summed E-state index contributed by atoms with van der Waals surface area (Å²) >= 11 is 0. The van der Waals surface area contributed by atoms with Gasteiger partial charge in [0.1, 0.15) is 6.54 Å². The first-order valence-corrected chi connectivity index (χ1v) is 8.09. The van der Waals surface area contributed by atoms with Gasteiger partial charge in [-0.15, -0.1) is 24.0 Å². The monoisotopic (exact) mass is 482 g/mol. The fourth-order valence-electron chi connectivity index (χ4n) is 2.12. The number of hydrogen-bond acceptors (Lipinski definition) is 4. The first kappa shape index (κ1) is 24.4. The summed E-state index contributed by atoms with van der Waals surface area (Å²) in [5.41, 5.74) is 0.774. The highest BCUT2D eigenvalue weighted by atomic mass is 127. The fraction of sp³-hybridized carbons (Fsp3) is 0.529. The van der Waals surface area contributed by atoms with Gasteiger partial charge in [0.15, 0.2) is 17.5 Å². The number of amides is 1. The molecule has 0 fully saturated rings. The predicted molar refractivity (Wildman–Crippen MR) is 111 cm³/mol. The molecule has 26 heavy (non-hydrogen) atoms. The van der Waals surface area contributed by atoms with E-state index in [0.717, 1.165) is 5.56 Å². The molecule has 0 bridgehead atoms. The van der Waals surface area contributed by atoms with Crippen molar-refractivity contribution in [1.29, 1.82) is 0 Å². The van der Waals surface area contributed by atoms with E-state index < -0.39 is 5.82 Å². The Bertz CT molecular complexity index is 587. The van der Waals surface area contributed by atoms with E-state index in [2.05, 4.69) is 15.6 Å². The standard InChI is InChI=1S/C17H27FN4O3.HI/c1-5-19-17(21-11-16(23)20-8-9-24-3)22(2)12-13-6-7-15(25-4)14(18)10-13;/h6-7,10H,5,8-9,11-12H2,1-4H3,(H,19,21)(H,20,23);1H. The second kappa shape index (κ2) is 13.6. The molecule has 0 heterocycles.